The quantitative estimate of drug-likeness (QED) is 0.617. The van der Waals surface area contributed by atoms with Gasteiger partial charge in [0.2, 0.25) is 11.8 Å². The number of hydrogen-bond donors (Lipinski definition) is 3. The molecule has 0 saturated carbocycles. The van der Waals surface area contributed by atoms with Gasteiger partial charge in [0.1, 0.15) is 5.75 Å². The molecule has 0 spiro atoms. The fourth-order valence-corrected chi connectivity index (χ4v) is 2.40. The lowest BCUT2D eigenvalue weighted by Crippen LogP contribution is -2.21. The molecule has 0 aliphatic carbocycles. The first-order chi connectivity index (χ1) is 13.0. The predicted octanol–water partition coefficient (Wildman–Crippen LogP) is 4.26. The van der Waals surface area contributed by atoms with E-state index in [2.05, 4.69) is 16.0 Å². The molecule has 0 bridgehead atoms. The maximum atomic E-state index is 12.1. The van der Waals surface area contributed by atoms with Gasteiger partial charge in [-0.15, -0.1) is 0 Å². The fraction of sp³-hybridized carbons (Fsp3) is 0.333. The number of ether oxygens (including phenoxy) is 1. The van der Waals surface area contributed by atoms with Gasteiger partial charge in [-0.25, -0.2) is 0 Å². The van der Waals surface area contributed by atoms with Crippen molar-refractivity contribution in [3.05, 3.63) is 48.5 Å². The van der Waals surface area contributed by atoms with Crippen molar-refractivity contribution in [1.82, 2.24) is 0 Å². The van der Waals surface area contributed by atoms with Crippen molar-refractivity contribution in [2.24, 2.45) is 0 Å². The zero-order valence-corrected chi connectivity index (χ0v) is 16.0. The fourth-order valence-electron chi connectivity index (χ4n) is 2.40. The third kappa shape index (κ3) is 7.40. The lowest BCUT2D eigenvalue weighted by molar-refractivity contribution is -0.116. The SMILES string of the molecule is CCCC(=O)Nc1ccc(NC(=O)CNc2ccc(OC(C)C)cc2)cc1. The Balaban J connectivity index is 1.79. The Morgan fingerprint density at radius 1 is 0.852 bits per heavy atom. The highest BCUT2D eigenvalue weighted by Gasteiger charge is 2.05. The molecule has 2 rings (SSSR count). The molecule has 0 fully saturated rings. The summed E-state index contributed by atoms with van der Waals surface area (Å²) >= 11 is 0. The summed E-state index contributed by atoms with van der Waals surface area (Å²) < 4.78 is 5.59. The number of carbonyl (C=O) groups is 2. The van der Waals surface area contributed by atoms with Gasteiger partial charge in [-0.2, -0.15) is 0 Å². The normalized spacial score (nSPS) is 10.4. The monoisotopic (exact) mass is 369 g/mol. The second-order valence-electron chi connectivity index (χ2n) is 6.47. The van der Waals surface area contributed by atoms with Crippen LogP contribution in [0.5, 0.6) is 5.75 Å². The van der Waals surface area contributed by atoms with Crippen molar-refractivity contribution in [3.8, 4) is 5.75 Å². The first kappa shape index (κ1) is 20.3. The van der Waals surface area contributed by atoms with E-state index in [0.717, 1.165) is 17.9 Å². The van der Waals surface area contributed by atoms with Crippen LogP contribution in [0.15, 0.2) is 48.5 Å². The molecule has 3 N–H and O–H groups in total. The number of benzene rings is 2. The Bertz CT molecular complexity index is 740. The van der Waals surface area contributed by atoms with E-state index in [9.17, 15) is 9.59 Å². The molecule has 0 heterocycles. The number of nitrogens with one attached hydrogen (secondary N) is 3. The molecule has 6 nitrogen and oxygen atoms in total. The Morgan fingerprint density at radius 2 is 1.37 bits per heavy atom. The summed E-state index contributed by atoms with van der Waals surface area (Å²) in [5, 5.41) is 8.70. The van der Waals surface area contributed by atoms with Gasteiger partial charge >= 0.3 is 0 Å². The van der Waals surface area contributed by atoms with Crippen LogP contribution in [0.2, 0.25) is 0 Å². The van der Waals surface area contributed by atoms with Crippen molar-refractivity contribution in [2.45, 2.75) is 39.7 Å². The topological polar surface area (TPSA) is 79.5 Å². The molecular formula is C21H27N3O3. The number of rotatable bonds is 9. The summed E-state index contributed by atoms with van der Waals surface area (Å²) in [5.41, 5.74) is 2.24. The second kappa shape index (κ2) is 10.2. The second-order valence-corrected chi connectivity index (χ2v) is 6.47. The minimum Gasteiger partial charge on any atom is -0.491 e. The lowest BCUT2D eigenvalue weighted by atomic mass is 10.2. The summed E-state index contributed by atoms with van der Waals surface area (Å²) in [7, 11) is 0. The van der Waals surface area contributed by atoms with Crippen molar-refractivity contribution in [1.29, 1.82) is 0 Å². The smallest absolute Gasteiger partial charge is 0.243 e. The molecular weight excluding hydrogens is 342 g/mol. The van der Waals surface area contributed by atoms with Gasteiger partial charge in [0.25, 0.3) is 0 Å². The summed E-state index contributed by atoms with van der Waals surface area (Å²) in [6, 6.07) is 14.5. The number of hydrogen-bond acceptors (Lipinski definition) is 4. The lowest BCUT2D eigenvalue weighted by Gasteiger charge is -2.11. The first-order valence-corrected chi connectivity index (χ1v) is 9.16. The van der Waals surface area contributed by atoms with Crippen LogP contribution in [-0.2, 0) is 9.59 Å². The van der Waals surface area contributed by atoms with E-state index in [1.54, 1.807) is 24.3 Å². The third-order valence-electron chi connectivity index (χ3n) is 3.61. The summed E-state index contributed by atoms with van der Waals surface area (Å²) in [4.78, 5) is 23.6. The van der Waals surface area contributed by atoms with Crippen LogP contribution in [0, 0.1) is 0 Å². The molecule has 27 heavy (non-hydrogen) atoms. The average molecular weight is 369 g/mol. The van der Waals surface area contributed by atoms with E-state index in [-0.39, 0.29) is 24.5 Å². The van der Waals surface area contributed by atoms with E-state index in [4.69, 9.17) is 4.74 Å². The highest BCUT2D eigenvalue weighted by molar-refractivity contribution is 5.94. The van der Waals surface area contributed by atoms with Crippen LogP contribution < -0.4 is 20.7 Å². The predicted molar refractivity (Wildman–Crippen MR) is 109 cm³/mol. The summed E-state index contributed by atoms with van der Waals surface area (Å²) in [5.74, 6) is 0.634. The van der Waals surface area contributed by atoms with Crippen LogP contribution in [-0.4, -0.2) is 24.5 Å². The van der Waals surface area contributed by atoms with E-state index in [1.165, 1.54) is 0 Å². The Kier molecular flexibility index (Phi) is 7.67. The van der Waals surface area contributed by atoms with E-state index in [0.29, 0.717) is 17.8 Å². The minimum atomic E-state index is -0.153. The van der Waals surface area contributed by atoms with Crippen molar-refractivity contribution in [3.63, 3.8) is 0 Å². The highest BCUT2D eigenvalue weighted by atomic mass is 16.5. The van der Waals surface area contributed by atoms with E-state index in [1.807, 2.05) is 45.0 Å². The molecule has 0 unspecified atom stereocenters. The van der Waals surface area contributed by atoms with Crippen LogP contribution in [0.1, 0.15) is 33.6 Å². The maximum absolute atomic E-state index is 12.1. The standard InChI is InChI=1S/C21H27N3O3/c1-4-5-20(25)23-17-6-8-18(9-7-17)24-21(26)14-22-16-10-12-19(13-11-16)27-15(2)3/h6-13,15,22H,4-5,14H2,1-3H3,(H,23,25)(H,24,26). The zero-order chi connectivity index (χ0) is 19.6. The van der Waals surface area contributed by atoms with Crippen LogP contribution in [0.3, 0.4) is 0 Å². The van der Waals surface area contributed by atoms with Gasteiger partial charge in [0, 0.05) is 23.5 Å². The van der Waals surface area contributed by atoms with Gasteiger partial charge in [0.15, 0.2) is 0 Å². The molecule has 2 aromatic carbocycles. The van der Waals surface area contributed by atoms with Gasteiger partial charge in [0.05, 0.1) is 12.6 Å². The van der Waals surface area contributed by atoms with Crippen molar-refractivity contribution >= 4 is 28.9 Å². The molecule has 2 amide bonds. The Labute approximate surface area is 160 Å². The molecule has 0 aromatic heterocycles. The molecule has 0 aliphatic rings. The van der Waals surface area contributed by atoms with Crippen LogP contribution >= 0.6 is 0 Å². The van der Waals surface area contributed by atoms with E-state index < -0.39 is 0 Å². The number of carbonyl (C=O) groups excluding carboxylic acids is 2. The largest absolute Gasteiger partial charge is 0.491 e. The molecule has 6 heteroatoms. The zero-order valence-electron chi connectivity index (χ0n) is 16.0. The average Bonchev–Trinajstić information content (AvgIpc) is 2.62. The van der Waals surface area contributed by atoms with Crippen molar-refractivity contribution < 1.29 is 14.3 Å². The first-order valence-electron chi connectivity index (χ1n) is 9.16. The molecule has 144 valence electrons. The van der Waals surface area contributed by atoms with Crippen molar-refractivity contribution in [2.75, 3.05) is 22.5 Å². The molecule has 2 aromatic rings. The maximum Gasteiger partial charge on any atom is 0.243 e. The van der Waals surface area contributed by atoms with Gasteiger partial charge in [-0.1, -0.05) is 6.92 Å². The third-order valence-corrected chi connectivity index (χ3v) is 3.61. The van der Waals surface area contributed by atoms with Gasteiger partial charge < -0.3 is 20.7 Å². The number of anilines is 3. The Morgan fingerprint density at radius 3 is 1.89 bits per heavy atom. The summed E-state index contributed by atoms with van der Waals surface area (Å²) in [6.07, 6.45) is 1.43. The molecule has 0 atom stereocenters. The highest BCUT2D eigenvalue weighted by Crippen LogP contribution is 2.17. The minimum absolute atomic E-state index is 0.0108. The van der Waals surface area contributed by atoms with Crippen LogP contribution in [0.25, 0.3) is 0 Å². The molecule has 0 radical (unpaired) electrons. The molecule has 0 saturated heterocycles. The number of amides is 2. The van der Waals surface area contributed by atoms with E-state index >= 15 is 0 Å². The van der Waals surface area contributed by atoms with Gasteiger partial charge in [-0.3, -0.25) is 9.59 Å². The van der Waals surface area contributed by atoms with Gasteiger partial charge in [-0.05, 0) is 68.8 Å². The Hall–Kier alpha value is -3.02. The molecule has 0 aliphatic heterocycles. The summed E-state index contributed by atoms with van der Waals surface area (Å²) in [6.45, 7) is 6.06. The van der Waals surface area contributed by atoms with Crippen LogP contribution in [0.4, 0.5) is 17.1 Å².